The maximum absolute atomic E-state index is 15.8. The van der Waals surface area contributed by atoms with Crippen molar-refractivity contribution in [2.24, 2.45) is 59.2 Å². The Morgan fingerprint density at radius 2 is 1.58 bits per heavy atom. The third-order valence-electron chi connectivity index (χ3n) is 21.9. The molecule has 0 radical (unpaired) electrons. The van der Waals surface area contributed by atoms with Crippen molar-refractivity contribution in [3.63, 3.8) is 0 Å². The first-order valence-electron chi connectivity index (χ1n) is 34.4. The Bertz CT molecular complexity index is 3960. The van der Waals surface area contributed by atoms with Crippen molar-refractivity contribution in [3.05, 3.63) is 171 Å². The van der Waals surface area contributed by atoms with Gasteiger partial charge >= 0.3 is 0 Å². The second-order valence-corrected chi connectivity index (χ2v) is 28.0. The van der Waals surface area contributed by atoms with Crippen LogP contribution >= 0.6 is 0 Å². The number of hydrogen-bond donors (Lipinski definition) is 13. The molecule has 13 N–H and O–H groups in total. The fourth-order valence-electron chi connectivity index (χ4n) is 17.1. The summed E-state index contributed by atoms with van der Waals surface area (Å²) in [6.07, 6.45) is 5.15. The molecule has 13 bridgehead atoms. The molecule has 0 saturated heterocycles. The number of anilines is 1. The number of dihydropyridines is 1. The molecule has 500 valence electrons. The van der Waals surface area contributed by atoms with Gasteiger partial charge in [0, 0.05) is 104 Å². The average molecular weight is 1290 g/mol. The number of aromatic amines is 1. The van der Waals surface area contributed by atoms with Crippen LogP contribution in [0.3, 0.4) is 0 Å². The van der Waals surface area contributed by atoms with E-state index in [1.165, 1.54) is 7.11 Å². The number of methoxy groups -OCH3 is 1. The molecule has 95 heavy (non-hydrogen) atoms. The maximum Gasteiger partial charge on any atom is 0.173 e. The molecule has 16 atom stereocenters. The highest BCUT2D eigenvalue weighted by atomic mass is 16.5. The van der Waals surface area contributed by atoms with Crippen LogP contribution < -0.4 is 26.0 Å². The lowest BCUT2D eigenvalue weighted by molar-refractivity contribution is -0.142. The summed E-state index contributed by atoms with van der Waals surface area (Å²) in [5.41, 5.74) is 8.08. The van der Waals surface area contributed by atoms with Crippen LogP contribution in [0.5, 0.6) is 23.0 Å². The van der Waals surface area contributed by atoms with Gasteiger partial charge in [-0.25, -0.2) is 0 Å². The van der Waals surface area contributed by atoms with Gasteiger partial charge in [0.25, 0.3) is 0 Å². The first kappa shape index (κ1) is 67.1. The summed E-state index contributed by atoms with van der Waals surface area (Å²) in [6.45, 7) is 5.94. The highest BCUT2D eigenvalue weighted by molar-refractivity contribution is 6.06. The number of hydrogen-bond acceptors (Lipinski definition) is 15. The van der Waals surface area contributed by atoms with E-state index in [1.807, 2.05) is 67.8 Å². The Balaban J connectivity index is 1.10. The third-order valence-corrected chi connectivity index (χ3v) is 21.9. The fraction of sp³-hybridized carbons (Fsp3) is 0.468. The van der Waals surface area contributed by atoms with Gasteiger partial charge in [-0.3, -0.25) is 9.59 Å². The molecule has 16 unspecified atom stereocenters. The number of ether oxygens (including phenoxy) is 1. The second kappa shape index (κ2) is 29.6. The number of Topliss-reactive ketones (excluding diaryl/α,β-unsaturated/α-hetero) is 2. The highest BCUT2D eigenvalue weighted by Gasteiger charge is 2.48. The number of fused-ring (bicyclic) bond motifs is 15. The van der Waals surface area contributed by atoms with Gasteiger partial charge < -0.3 is 71.8 Å². The number of allylic oxidation sites excluding steroid dienone is 2. The normalized spacial score (nSPS) is 29.7. The SMILES string of the molecule is CCCC1C(O)Cc2cc(c[nH]2)C(C)CNCC(O)Cc2ccc3ccc(cc3c2O)NC2=CC(=CCN2)C2C(CNC)C#CC3CC(CC(C(O)O)C3Cc3cccc(O)c3)c3ccccc3C3C#CC4CC2CC1CC4C(=O)C(O)C(=O)CCc1cc(OC)c(O)cc13. The molecule has 12 rings (SSSR count). The van der Waals surface area contributed by atoms with Gasteiger partial charge in [0.15, 0.2) is 35.5 Å². The largest absolute Gasteiger partial charge is 0.508 e. The van der Waals surface area contributed by atoms with Crippen LogP contribution in [0.1, 0.15) is 128 Å². The lowest BCUT2D eigenvalue weighted by atomic mass is 9.63. The minimum atomic E-state index is -1.96. The minimum Gasteiger partial charge on any atom is -0.508 e. The number of aromatic nitrogens is 1. The van der Waals surface area contributed by atoms with E-state index in [0.717, 1.165) is 45.3 Å². The number of rotatable bonds is 8. The Labute approximate surface area is 557 Å². The molecule has 0 amide bonds. The van der Waals surface area contributed by atoms with E-state index < -0.39 is 77.6 Å². The number of carbonyl (C=O) groups is 2. The van der Waals surface area contributed by atoms with Gasteiger partial charge in [-0.1, -0.05) is 105 Å². The van der Waals surface area contributed by atoms with Crippen molar-refractivity contribution >= 4 is 28.0 Å². The minimum absolute atomic E-state index is 0.0335. The van der Waals surface area contributed by atoms with Gasteiger partial charge in [-0.05, 0) is 192 Å². The van der Waals surface area contributed by atoms with Gasteiger partial charge in [-0.2, -0.15) is 0 Å². The van der Waals surface area contributed by atoms with Crippen LogP contribution in [0, 0.1) is 82.9 Å². The van der Waals surface area contributed by atoms with Crippen LogP contribution in [0.2, 0.25) is 0 Å². The van der Waals surface area contributed by atoms with Crippen molar-refractivity contribution < 1.29 is 55.2 Å². The number of aromatic hydroxyl groups is 3. The van der Waals surface area contributed by atoms with E-state index in [9.17, 15) is 45.6 Å². The molecule has 16 nitrogen and oxygen atoms in total. The van der Waals surface area contributed by atoms with Crippen molar-refractivity contribution in [1.82, 2.24) is 20.9 Å². The van der Waals surface area contributed by atoms with Gasteiger partial charge in [0.05, 0.1) is 25.2 Å². The Morgan fingerprint density at radius 1 is 0.768 bits per heavy atom. The first-order valence-corrected chi connectivity index (χ1v) is 34.4. The van der Waals surface area contributed by atoms with E-state index in [2.05, 4.69) is 88.1 Å². The molecular formula is C79H93N5O11. The number of carbonyl (C=O) groups excluding carboxylic acids is 2. The summed E-state index contributed by atoms with van der Waals surface area (Å²) in [6, 6.07) is 30.3. The average Bonchev–Trinajstić information content (AvgIpc) is 1.66. The Morgan fingerprint density at radius 3 is 2.37 bits per heavy atom. The highest BCUT2D eigenvalue weighted by Crippen LogP contribution is 2.52. The predicted octanol–water partition coefficient (Wildman–Crippen LogP) is 9.38. The number of aliphatic hydroxyl groups excluding tert-OH is 4. The van der Waals surface area contributed by atoms with E-state index in [4.69, 9.17) is 4.74 Å². The molecule has 2 aliphatic heterocycles. The van der Waals surface area contributed by atoms with E-state index in [-0.39, 0.29) is 84.2 Å². The number of phenolic OH excluding ortho intramolecular Hbond substituents is 3. The Hall–Kier alpha value is -7.90. The molecule has 3 heterocycles. The number of β-amino-alcohol motifs (C(OH)–C–C–N with tert-alkyl or cyclic N) is 1. The van der Waals surface area contributed by atoms with E-state index in [0.29, 0.717) is 105 Å². The number of nitrogens with one attached hydrogen (secondary N) is 5. The molecule has 4 aliphatic carbocycles. The molecule has 6 aliphatic rings. The molecule has 0 spiro atoms. The van der Waals surface area contributed by atoms with E-state index >= 15 is 4.79 Å². The number of aryl methyl sites for hydroxylation is 1. The summed E-state index contributed by atoms with van der Waals surface area (Å²) < 4.78 is 5.70. The van der Waals surface area contributed by atoms with Crippen molar-refractivity contribution in [2.75, 3.05) is 45.7 Å². The quantitative estimate of drug-likeness (QED) is 0.0384. The zero-order valence-corrected chi connectivity index (χ0v) is 54.9. The number of phenols is 3. The molecule has 2 fully saturated rings. The molecule has 5 aromatic carbocycles. The maximum atomic E-state index is 15.8. The monoisotopic (exact) mass is 1290 g/mol. The summed E-state index contributed by atoms with van der Waals surface area (Å²) in [5.74, 6) is 9.25. The van der Waals surface area contributed by atoms with Gasteiger partial charge in [0.1, 0.15) is 17.3 Å². The van der Waals surface area contributed by atoms with Crippen molar-refractivity contribution in [3.8, 4) is 46.7 Å². The summed E-state index contributed by atoms with van der Waals surface area (Å²) in [5, 5.41) is 111. The predicted molar refractivity (Wildman–Crippen MR) is 367 cm³/mol. The van der Waals surface area contributed by atoms with Crippen LogP contribution in [0.4, 0.5) is 5.69 Å². The van der Waals surface area contributed by atoms with Crippen LogP contribution in [-0.2, 0) is 35.3 Å². The van der Waals surface area contributed by atoms with Crippen LogP contribution in [0.25, 0.3) is 10.8 Å². The Kier molecular flexibility index (Phi) is 20.9. The van der Waals surface area contributed by atoms with Crippen LogP contribution in [-0.4, -0.2) is 122 Å². The molecular weight excluding hydrogens is 1190 g/mol. The third kappa shape index (κ3) is 14.8. The second-order valence-electron chi connectivity index (χ2n) is 28.0. The molecule has 2 saturated carbocycles. The van der Waals surface area contributed by atoms with Gasteiger partial charge in [-0.15, -0.1) is 0 Å². The zero-order valence-electron chi connectivity index (χ0n) is 54.9. The lowest BCUT2D eigenvalue weighted by Gasteiger charge is -2.42. The molecule has 16 heteroatoms. The summed E-state index contributed by atoms with van der Waals surface area (Å²) >= 11 is 0. The molecule has 6 aromatic rings. The number of H-pyrrole nitrogens is 1. The van der Waals surface area contributed by atoms with Crippen molar-refractivity contribution in [1.29, 1.82) is 0 Å². The number of benzene rings is 5. The lowest BCUT2D eigenvalue weighted by Crippen LogP contribution is -2.40. The number of ketones is 2. The smallest absolute Gasteiger partial charge is 0.173 e. The van der Waals surface area contributed by atoms with Gasteiger partial charge in [0.2, 0.25) is 0 Å². The molecule has 1 aromatic heterocycles. The van der Waals surface area contributed by atoms with Crippen LogP contribution in [0.15, 0.2) is 127 Å². The summed E-state index contributed by atoms with van der Waals surface area (Å²) in [7, 11) is 3.38. The fourth-order valence-corrected chi connectivity index (χ4v) is 17.1. The first-order chi connectivity index (χ1) is 45.9. The van der Waals surface area contributed by atoms with Crippen molar-refractivity contribution in [2.45, 2.75) is 133 Å². The topological polar surface area (TPSA) is 269 Å². The summed E-state index contributed by atoms with van der Waals surface area (Å²) in [4.78, 5) is 34.0. The number of aliphatic hydroxyl groups is 5. The zero-order chi connectivity index (χ0) is 66.6. The standard InChI is InChI=1S/C79H93N5O11/c1-5-9-62-54-30-55-29-48-19-22-64(66-39-72(89)73(95-4)35-49(66)20-23-70(87)78(92)77(91)67(48)33-54)63-13-7-6-12-61(63)53-28-47(65(69(34-53)79(93)94)27-45-10-8-11-59(85)26-45)15-17-52(41-80-3)75(55)50-24-25-82-74(36-50)84-57-21-18-46-14-16-51(76(90)68(46)37-57)32-60(86)43-81-40-44(2)56-31-58(83-42-56)38-71(62)88/h6-8,10-14,16,18,21,24,26,31,35-37,39,42,44,47-48,52-55,60,62,64-65,67,69,71,75,78-86,88-90,92-94H,5,9,20,23,25,27-30,32-34,38,40-41,43H2,1-4H3. The van der Waals surface area contributed by atoms with E-state index in [1.54, 1.807) is 30.3 Å².